The number of carbonyl (C=O) groups excluding carboxylic acids is 1. The summed E-state index contributed by atoms with van der Waals surface area (Å²) in [6.45, 7) is 3.96. The van der Waals surface area contributed by atoms with Crippen LogP contribution in [0.5, 0.6) is 0 Å². The Bertz CT molecular complexity index is 830. The molecule has 1 N–H and O–H groups in total. The smallest absolute Gasteiger partial charge is 0.230 e. The summed E-state index contributed by atoms with van der Waals surface area (Å²) >= 11 is 1.58. The molecule has 1 atom stereocenters. The highest BCUT2D eigenvalue weighted by Crippen LogP contribution is 2.18. The molecule has 0 aliphatic rings. The third kappa shape index (κ3) is 5.90. The van der Waals surface area contributed by atoms with Gasteiger partial charge in [0.05, 0.1) is 16.7 Å². The molecule has 0 bridgehead atoms. The molecule has 0 heterocycles. The van der Waals surface area contributed by atoms with Gasteiger partial charge in [0.15, 0.2) is 9.84 Å². The molecule has 0 saturated carbocycles. The van der Waals surface area contributed by atoms with E-state index >= 15 is 0 Å². The van der Waals surface area contributed by atoms with Crippen molar-refractivity contribution in [2.45, 2.75) is 30.5 Å². The third-order valence-electron chi connectivity index (χ3n) is 3.94. The van der Waals surface area contributed by atoms with Gasteiger partial charge in [0.2, 0.25) is 5.91 Å². The summed E-state index contributed by atoms with van der Waals surface area (Å²) in [6.07, 6.45) is 1.18. The van der Waals surface area contributed by atoms with Crippen LogP contribution >= 0.6 is 11.8 Å². The van der Waals surface area contributed by atoms with Crippen molar-refractivity contribution in [1.29, 1.82) is 0 Å². The van der Waals surface area contributed by atoms with E-state index in [1.807, 2.05) is 19.1 Å². The third-order valence-corrected chi connectivity index (χ3v) is 6.05. The molecule has 2 rings (SSSR count). The highest BCUT2D eigenvalue weighted by atomic mass is 32.2. The minimum Gasteiger partial charge on any atom is -0.349 e. The van der Waals surface area contributed by atoms with Crippen LogP contribution in [0.1, 0.15) is 29.7 Å². The number of benzene rings is 2. The molecule has 1 amide bonds. The number of hydrogen-bond acceptors (Lipinski definition) is 4. The van der Waals surface area contributed by atoms with Crippen LogP contribution in [0.2, 0.25) is 0 Å². The molecule has 0 aromatic heterocycles. The fourth-order valence-corrected chi connectivity index (χ4v) is 3.94. The minimum absolute atomic E-state index is 0.0294. The van der Waals surface area contributed by atoms with E-state index in [0.717, 1.165) is 11.3 Å². The van der Waals surface area contributed by atoms with Crippen molar-refractivity contribution in [3.05, 3.63) is 65.2 Å². The standard InChI is InChI=1S/C19H23NO3S2/c1-14-6-4-5-7-17(14)12-24-13-19(21)20-15(2)16-8-10-18(11-9-16)25(3,22)23/h4-11,15H,12-13H2,1-3H3,(H,20,21)/t15-/m0/s1. The number of thioether (sulfide) groups is 1. The second kappa shape index (κ2) is 8.54. The molecule has 0 unspecified atom stereocenters. The zero-order valence-corrected chi connectivity index (χ0v) is 16.3. The van der Waals surface area contributed by atoms with Gasteiger partial charge in [0.1, 0.15) is 0 Å². The first-order chi connectivity index (χ1) is 11.8. The molecule has 0 spiro atoms. The van der Waals surface area contributed by atoms with Gasteiger partial charge < -0.3 is 5.32 Å². The number of aryl methyl sites for hydroxylation is 1. The van der Waals surface area contributed by atoms with E-state index in [1.165, 1.54) is 17.4 Å². The normalized spacial score (nSPS) is 12.6. The Morgan fingerprint density at radius 3 is 2.36 bits per heavy atom. The number of amides is 1. The van der Waals surface area contributed by atoms with Gasteiger partial charge >= 0.3 is 0 Å². The molecular formula is C19H23NO3S2. The van der Waals surface area contributed by atoms with Crippen molar-refractivity contribution >= 4 is 27.5 Å². The Balaban J connectivity index is 1.84. The van der Waals surface area contributed by atoms with E-state index in [2.05, 4.69) is 24.4 Å². The van der Waals surface area contributed by atoms with Crippen LogP contribution in [-0.4, -0.2) is 26.3 Å². The first-order valence-corrected chi connectivity index (χ1v) is 11.0. The fraction of sp³-hybridized carbons (Fsp3) is 0.316. The molecule has 2 aromatic rings. The molecule has 6 heteroatoms. The van der Waals surface area contributed by atoms with Crippen molar-refractivity contribution in [1.82, 2.24) is 5.32 Å². The van der Waals surface area contributed by atoms with Gasteiger partial charge in [-0.15, -0.1) is 11.8 Å². The zero-order chi connectivity index (χ0) is 18.4. The van der Waals surface area contributed by atoms with Crippen molar-refractivity contribution < 1.29 is 13.2 Å². The van der Waals surface area contributed by atoms with Crippen LogP contribution in [0.15, 0.2) is 53.4 Å². The SMILES string of the molecule is Cc1ccccc1CSCC(=O)N[C@@H](C)c1ccc(S(C)(=O)=O)cc1. The average molecular weight is 378 g/mol. The van der Waals surface area contributed by atoms with Crippen molar-refractivity contribution in [3.8, 4) is 0 Å². The van der Waals surface area contributed by atoms with E-state index in [9.17, 15) is 13.2 Å². The Kier molecular flexibility index (Phi) is 6.67. The molecule has 0 radical (unpaired) electrons. The first kappa shape index (κ1) is 19.5. The summed E-state index contributed by atoms with van der Waals surface area (Å²) in [6, 6.07) is 14.6. The maximum atomic E-state index is 12.1. The summed E-state index contributed by atoms with van der Waals surface area (Å²) in [5.74, 6) is 1.16. The number of hydrogen-bond donors (Lipinski definition) is 1. The Hall–Kier alpha value is -1.79. The van der Waals surface area contributed by atoms with E-state index < -0.39 is 9.84 Å². The molecule has 25 heavy (non-hydrogen) atoms. The van der Waals surface area contributed by atoms with Gasteiger partial charge in [-0.1, -0.05) is 36.4 Å². The fourth-order valence-electron chi connectivity index (χ4n) is 2.40. The van der Waals surface area contributed by atoms with E-state index in [-0.39, 0.29) is 16.8 Å². The number of sulfone groups is 1. The van der Waals surface area contributed by atoms with Crippen LogP contribution in [0, 0.1) is 6.92 Å². The summed E-state index contributed by atoms with van der Waals surface area (Å²) in [4.78, 5) is 12.4. The minimum atomic E-state index is -3.20. The first-order valence-electron chi connectivity index (χ1n) is 7.99. The van der Waals surface area contributed by atoms with Crippen LogP contribution in [0.25, 0.3) is 0 Å². The van der Waals surface area contributed by atoms with Gasteiger partial charge in [-0.25, -0.2) is 8.42 Å². The monoisotopic (exact) mass is 377 g/mol. The summed E-state index contributed by atoms with van der Waals surface area (Å²) in [5.41, 5.74) is 3.35. The number of carbonyl (C=O) groups is 1. The second-order valence-electron chi connectivity index (χ2n) is 6.05. The average Bonchev–Trinajstić information content (AvgIpc) is 2.56. The van der Waals surface area contributed by atoms with E-state index in [1.54, 1.807) is 36.0 Å². The van der Waals surface area contributed by atoms with Crippen LogP contribution in [0.3, 0.4) is 0 Å². The summed E-state index contributed by atoms with van der Waals surface area (Å²) in [5, 5.41) is 2.95. The maximum Gasteiger partial charge on any atom is 0.230 e. The molecule has 2 aromatic carbocycles. The quantitative estimate of drug-likeness (QED) is 0.802. The molecule has 134 valence electrons. The second-order valence-corrected chi connectivity index (χ2v) is 9.05. The Morgan fingerprint density at radius 2 is 1.76 bits per heavy atom. The van der Waals surface area contributed by atoms with Gasteiger partial charge in [0.25, 0.3) is 0 Å². The molecule has 0 saturated heterocycles. The zero-order valence-electron chi connectivity index (χ0n) is 14.7. The Morgan fingerprint density at radius 1 is 1.12 bits per heavy atom. The van der Waals surface area contributed by atoms with Gasteiger partial charge in [-0.05, 0) is 42.7 Å². The van der Waals surface area contributed by atoms with Crippen LogP contribution < -0.4 is 5.32 Å². The lowest BCUT2D eigenvalue weighted by molar-refractivity contribution is -0.119. The van der Waals surface area contributed by atoms with Gasteiger partial charge in [-0.2, -0.15) is 0 Å². The maximum absolute atomic E-state index is 12.1. The molecule has 4 nitrogen and oxygen atoms in total. The molecule has 0 aliphatic heterocycles. The molecule has 0 aliphatic carbocycles. The van der Waals surface area contributed by atoms with Crippen LogP contribution in [0.4, 0.5) is 0 Å². The highest BCUT2D eigenvalue weighted by molar-refractivity contribution is 7.99. The summed E-state index contributed by atoms with van der Waals surface area (Å²) < 4.78 is 23.0. The summed E-state index contributed by atoms with van der Waals surface area (Å²) in [7, 11) is -3.20. The number of nitrogens with one attached hydrogen (secondary N) is 1. The van der Waals surface area contributed by atoms with Gasteiger partial charge in [-0.3, -0.25) is 4.79 Å². The predicted octanol–water partition coefficient (Wildman–Crippen LogP) is 3.51. The van der Waals surface area contributed by atoms with Gasteiger partial charge in [0, 0.05) is 12.0 Å². The predicted molar refractivity (Wildman–Crippen MR) is 103 cm³/mol. The highest BCUT2D eigenvalue weighted by Gasteiger charge is 2.12. The van der Waals surface area contributed by atoms with E-state index in [4.69, 9.17) is 0 Å². The largest absolute Gasteiger partial charge is 0.349 e. The van der Waals surface area contributed by atoms with E-state index in [0.29, 0.717) is 5.75 Å². The van der Waals surface area contributed by atoms with Crippen LogP contribution in [-0.2, 0) is 20.4 Å². The molecule has 0 fully saturated rings. The van der Waals surface area contributed by atoms with Crippen molar-refractivity contribution in [2.24, 2.45) is 0 Å². The molecular weight excluding hydrogens is 354 g/mol. The van der Waals surface area contributed by atoms with Crippen molar-refractivity contribution in [3.63, 3.8) is 0 Å². The lowest BCUT2D eigenvalue weighted by atomic mass is 10.1. The topological polar surface area (TPSA) is 63.2 Å². The lowest BCUT2D eigenvalue weighted by Gasteiger charge is -2.15. The Labute approximate surface area is 154 Å². The van der Waals surface area contributed by atoms with Crippen molar-refractivity contribution in [2.75, 3.05) is 12.0 Å². The lowest BCUT2D eigenvalue weighted by Crippen LogP contribution is -2.28. The number of rotatable bonds is 7.